The van der Waals surface area contributed by atoms with Crippen molar-refractivity contribution in [3.8, 4) is 0 Å². The Bertz CT molecular complexity index is 729. The number of hydrogen-bond donors (Lipinski definition) is 1. The maximum Gasteiger partial charge on any atom is 0.241 e. The van der Waals surface area contributed by atoms with Gasteiger partial charge in [0.05, 0.1) is 11.3 Å². The van der Waals surface area contributed by atoms with Crippen LogP contribution in [0, 0.1) is 5.92 Å². The molecule has 0 saturated carbocycles. The Labute approximate surface area is 176 Å². The maximum absolute atomic E-state index is 13.3. The number of ketones is 1. The summed E-state index contributed by atoms with van der Waals surface area (Å²) in [5.74, 6) is 1.18. The first-order chi connectivity index (χ1) is 14.1. The number of amides is 1. The minimum Gasteiger partial charge on any atom is -0.354 e. The van der Waals surface area contributed by atoms with Gasteiger partial charge in [-0.2, -0.15) is 0 Å². The van der Waals surface area contributed by atoms with Crippen LogP contribution in [0.2, 0.25) is 0 Å². The van der Waals surface area contributed by atoms with E-state index in [1.165, 1.54) is 11.1 Å². The third-order valence-corrected chi connectivity index (χ3v) is 7.67. The lowest BCUT2D eigenvalue weighted by atomic mass is 9.95. The SMILES string of the molecule is COC(OC)[C@@H]1CCCN1C(=O)[C@H]1NCSC1C(=O)CC1Cc2ccccc2C1. The largest absolute Gasteiger partial charge is 0.354 e. The normalized spacial score (nSPS) is 27.0. The van der Waals surface area contributed by atoms with Crippen molar-refractivity contribution in [3.05, 3.63) is 35.4 Å². The number of carbonyl (C=O) groups excluding carboxylic acids is 2. The van der Waals surface area contributed by atoms with E-state index in [4.69, 9.17) is 9.47 Å². The van der Waals surface area contributed by atoms with E-state index in [1.54, 1.807) is 26.0 Å². The van der Waals surface area contributed by atoms with Crippen molar-refractivity contribution >= 4 is 23.5 Å². The van der Waals surface area contributed by atoms with Gasteiger partial charge in [-0.1, -0.05) is 24.3 Å². The van der Waals surface area contributed by atoms with E-state index < -0.39 is 12.3 Å². The maximum atomic E-state index is 13.3. The summed E-state index contributed by atoms with van der Waals surface area (Å²) < 4.78 is 10.8. The van der Waals surface area contributed by atoms with Crippen molar-refractivity contribution in [1.29, 1.82) is 0 Å². The van der Waals surface area contributed by atoms with Gasteiger partial charge >= 0.3 is 0 Å². The number of benzene rings is 1. The van der Waals surface area contributed by atoms with E-state index >= 15 is 0 Å². The standard InChI is InChI=1S/C22H30N2O4S/c1-27-22(28-2)17-8-5-9-24(17)21(26)19-20(29-13-23-19)18(25)12-14-10-15-6-3-4-7-16(15)11-14/h3-4,6-7,14,17,19-20,22-23H,5,8-13H2,1-2H3/t17-,19-,20?/m0/s1. The van der Waals surface area contributed by atoms with Gasteiger partial charge in [0.25, 0.3) is 0 Å². The van der Waals surface area contributed by atoms with Crippen LogP contribution >= 0.6 is 11.8 Å². The molecule has 4 rings (SSSR count). The van der Waals surface area contributed by atoms with Crippen molar-refractivity contribution in [2.24, 2.45) is 5.92 Å². The lowest BCUT2D eigenvalue weighted by molar-refractivity contribution is -0.158. The third-order valence-electron chi connectivity index (χ3n) is 6.44. The Balaban J connectivity index is 1.39. The number of ether oxygens (including phenoxy) is 2. The zero-order chi connectivity index (χ0) is 20.4. The van der Waals surface area contributed by atoms with E-state index in [0.29, 0.717) is 24.8 Å². The first-order valence-electron chi connectivity index (χ1n) is 10.4. The first-order valence-corrected chi connectivity index (χ1v) is 11.5. The van der Waals surface area contributed by atoms with Crippen LogP contribution in [0.1, 0.15) is 30.4 Å². The lowest BCUT2D eigenvalue weighted by Crippen LogP contribution is -2.54. The Morgan fingerprint density at radius 1 is 1.21 bits per heavy atom. The summed E-state index contributed by atoms with van der Waals surface area (Å²) in [4.78, 5) is 28.3. The summed E-state index contributed by atoms with van der Waals surface area (Å²) in [6, 6.07) is 7.90. The number of Topliss-reactive ketones (excluding diaryl/α,β-unsaturated/α-hetero) is 1. The molecule has 0 radical (unpaired) electrons. The number of nitrogens with zero attached hydrogens (tertiary/aromatic N) is 1. The molecule has 1 aromatic rings. The average molecular weight is 419 g/mol. The van der Waals surface area contributed by atoms with Gasteiger partial charge in [0, 0.05) is 33.1 Å². The Morgan fingerprint density at radius 3 is 2.55 bits per heavy atom. The van der Waals surface area contributed by atoms with E-state index in [9.17, 15) is 9.59 Å². The number of fused-ring (bicyclic) bond motifs is 1. The lowest BCUT2D eigenvalue weighted by Gasteiger charge is -2.32. The monoisotopic (exact) mass is 418 g/mol. The molecule has 3 atom stereocenters. The van der Waals surface area contributed by atoms with Gasteiger partial charge in [0.1, 0.15) is 11.8 Å². The number of thioether (sulfide) groups is 1. The van der Waals surface area contributed by atoms with Gasteiger partial charge in [-0.05, 0) is 42.7 Å². The minimum atomic E-state index is -0.453. The van der Waals surface area contributed by atoms with Crippen molar-refractivity contribution in [3.63, 3.8) is 0 Å². The molecule has 2 fully saturated rings. The molecule has 7 heteroatoms. The molecule has 2 heterocycles. The summed E-state index contributed by atoms with van der Waals surface area (Å²) in [5, 5.41) is 2.96. The van der Waals surface area contributed by atoms with E-state index in [2.05, 4.69) is 29.6 Å². The van der Waals surface area contributed by atoms with Crippen LogP contribution in [0.5, 0.6) is 0 Å². The number of nitrogens with one attached hydrogen (secondary N) is 1. The molecule has 2 saturated heterocycles. The molecule has 1 N–H and O–H groups in total. The van der Waals surface area contributed by atoms with Crippen LogP contribution in [0.3, 0.4) is 0 Å². The van der Waals surface area contributed by atoms with Crippen LogP contribution in [0.25, 0.3) is 0 Å². The molecule has 3 aliphatic rings. The highest BCUT2D eigenvalue weighted by Gasteiger charge is 2.44. The number of likely N-dealkylation sites (tertiary alicyclic amines) is 1. The Kier molecular flexibility index (Phi) is 6.59. The van der Waals surface area contributed by atoms with Crippen LogP contribution in [-0.4, -0.2) is 66.9 Å². The molecule has 6 nitrogen and oxygen atoms in total. The molecule has 1 amide bonds. The first kappa shape index (κ1) is 20.8. The van der Waals surface area contributed by atoms with Crippen LogP contribution in [-0.2, 0) is 31.9 Å². The number of carbonyl (C=O) groups is 2. The highest BCUT2D eigenvalue weighted by Crippen LogP contribution is 2.33. The molecule has 0 spiro atoms. The minimum absolute atomic E-state index is 0.00431. The molecule has 158 valence electrons. The van der Waals surface area contributed by atoms with E-state index in [0.717, 1.165) is 25.7 Å². The molecule has 2 aliphatic heterocycles. The molecule has 1 aromatic carbocycles. The number of rotatable bonds is 7. The van der Waals surface area contributed by atoms with Gasteiger partial charge in [0.15, 0.2) is 6.29 Å². The molecule has 1 unspecified atom stereocenters. The molecule has 29 heavy (non-hydrogen) atoms. The van der Waals surface area contributed by atoms with Gasteiger partial charge < -0.3 is 14.4 Å². The zero-order valence-electron chi connectivity index (χ0n) is 17.1. The average Bonchev–Trinajstić information content (AvgIpc) is 3.47. The van der Waals surface area contributed by atoms with Crippen molar-refractivity contribution < 1.29 is 19.1 Å². The highest BCUT2D eigenvalue weighted by atomic mass is 32.2. The summed E-state index contributed by atoms with van der Waals surface area (Å²) in [5.41, 5.74) is 2.72. The predicted octanol–water partition coefficient (Wildman–Crippen LogP) is 2.00. The molecule has 0 aromatic heterocycles. The molecule has 0 bridgehead atoms. The van der Waals surface area contributed by atoms with Crippen LogP contribution in [0.15, 0.2) is 24.3 Å². The smallest absolute Gasteiger partial charge is 0.241 e. The second kappa shape index (κ2) is 9.16. The summed E-state index contributed by atoms with van der Waals surface area (Å²) in [6.07, 6.45) is 3.82. The fraction of sp³-hybridized carbons (Fsp3) is 0.636. The fourth-order valence-corrected chi connectivity index (χ4v) is 6.20. The van der Waals surface area contributed by atoms with Crippen molar-refractivity contribution in [2.45, 2.75) is 55.7 Å². The van der Waals surface area contributed by atoms with Crippen molar-refractivity contribution in [1.82, 2.24) is 10.2 Å². The molecule has 1 aliphatic carbocycles. The van der Waals surface area contributed by atoms with Crippen LogP contribution in [0.4, 0.5) is 0 Å². The number of methoxy groups -OCH3 is 2. The van der Waals surface area contributed by atoms with Gasteiger partial charge in [0.2, 0.25) is 5.91 Å². The Morgan fingerprint density at radius 2 is 1.90 bits per heavy atom. The number of hydrogen-bond acceptors (Lipinski definition) is 6. The van der Waals surface area contributed by atoms with Gasteiger partial charge in [-0.3, -0.25) is 14.9 Å². The second-order valence-corrected chi connectivity index (χ2v) is 9.34. The van der Waals surface area contributed by atoms with Gasteiger partial charge in [-0.15, -0.1) is 11.8 Å². The zero-order valence-corrected chi connectivity index (χ0v) is 18.0. The highest BCUT2D eigenvalue weighted by molar-refractivity contribution is 8.00. The third kappa shape index (κ3) is 4.24. The summed E-state index contributed by atoms with van der Waals surface area (Å²) >= 11 is 1.56. The van der Waals surface area contributed by atoms with Crippen molar-refractivity contribution in [2.75, 3.05) is 26.6 Å². The summed E-state index contributed by atoms with van der Waals surface area (Å²) in [7, 11) is 3.20. The van der Waals surface area contributed by atoms with Crippen LogP contribution < -0.4 is 5.32 Å². The molecular formula is C22H30N2O4S. The van der Waals surface area contributed by atoms with E-state index in [-0.39, 0.29) is 23.0 Å². The summed E-state index contributed by atoms with van der Waals surface area (Å²) in [6.45, 7) is 0.689. The predicted molar refractivity (Wildman–Crippen MR) is 113 cm³/mol. The topological polar surface area (TPSA) is 67.9 Å². The quantitative estimate of drug-likeness (QED) is 0.683. The molecular weight excluding hydrogens is 388 g/mol. The van der Waals surface area contributed by atoms with E-state index in [1.807, 2.05) is 4.90 Å². The second-order valence-electron chi connectivity index (χ2n) is 8.21. The fourth-order valence-electron chi connectivity index (χ4n) is 5.06. The van der Waals surface area contributed by atoms with Gasteiger partial charge in [-0.25, -0.2) is 0 Å². The Hall–Kier alpha value is -1.41.